The van der Waals surface area contributed by atoms with Gasteiger partial charge in [-0.2, -0.15) is 15.1 Å². The van der Waals surface area contributed by atoms with Gasteiger partial charge in [0, 0.05) is 59.3 Å². The quantitative estimate of drug-likeness (QED) is 0.577. The maximum atomic E-state index is 15.0. The molecule has 0 aliphatic carbocycles. The van der Waals surface area contributed by atoms with E-state index in [4.69, 9.17) is 4.74 Å². The molecule has 0 bridgehead atoms. The van der Waals surface area contributed by atoms with Crippen molar-refractivity contribution in [2.75, 3.05) is 56.7 Å². The Labute approximate surface area is 195 Å². The highest BCUT2D eigenvalue weighted by Crippen LogP contribution is 2.35. The van der Waals surface area contributed by atoms with Gasteiger partial charge in [-0.05, 0) is 50.2 Å². The van der Waals surface area contributed by atoms with Gasteiger partial charge in [-0.1, -0.05) is 0 Å². The predicted octanol–water partition coefficient (Wildman–Crippen LogP) is 2.46. The van der Waals surface area contributed by atoms with Gasteiger partial charge in [0.15, 0.2) is 5.82 Å². The fourth-order valence-electron chi connectivity index (χ4n) is 4.82. The van der Waals surface area contributed by atoms with E-state index < -0.39 is 17.0 Å². The Kier molecular flexibility index (Phi) is 6.05. The predicted molar refractivity (Wildman–Crippen MR) is 128 cm³/mol. The van der Waals surface area contributed by atoms with Crippen LogP contribution in [0.3, 0.4) is 0 Å². The zero-order chi connectivity index (χ0) is 23.1. The number of alkyl halides is 1. The molecule has 176 valence electrons. The second-order valence-corrected chi connectivity index (χ2v) is 10.6. The van der Waals surface area contributed by atoms with Gasteiger partial charge in [0.25, 0.3) is 0 Å². The minimum absolute atomic E-state index is 0.126. The van der Waals surface area contributed by atoms with E-state index in [1.165, 1.54) is 7.11 Å². The minimum atomic E-state index is -0.897. The molecule has 2 saturated heterocycles. The van der Waals surface area contributed by atoms with Crippen LogP contribution in [0, 0.1) is 6.92 Å². The molecule has 2 aromatic heterocycles. The van der Waals surface area contributed by atoms with Crippen molar-refractivity contribution in [2.45, 2.75) is 25.4 Å². The van der Waals surface area contributed by atoms with Crippen LogP contribution >= 0.6 is 0 Å². The number of likely N-dealkylation sites (tertiary alicyclic amines) is 1. The van der Waals surface area contributed by atoms with E-state index in [9.17, 15) is 8.60 Å². The summed E-state index contributed by atoms with van der Waals surface area (Å²) in [5, 5.41) is 5.58. The van der Waals surface area contributed by atoms with Gasteiger partial charge in [-0.3, -0.25) is 4.21 Å². The lowest BCUT2D eigenvalue weighted by atomic mass is 9.85. The molecule has 0 amide bonds. The van der Waals surface area contributed by atoms with E-state index in [0.717, 1.165) is 40.8 Å². The Bertz CT molecular complexity index is 1190. The molecule has 10 heteroatoms. The summed E-state index contributed by atoms with van der Waals surface area (Å²) in [6.45, 7) is 4.72. The molecule has 2 unspecified atom stereocenters. The first-order valence-electron chi connectivity index (χ1n) is 11.3. The number of aromatic nitrogens is 4. The third kappa shape index (κ3) is 4.33. The zero-order valence-electron chi connectivity index (χ0n) is 19.2. The summed E-state index contributed by atoms with van der Waals surface area (Å²) in [7, 11) is 2.73. The van der Waals surface area contributed by atoms with E-state index in [1.807, 2.05) is 31.1 Å². The number of rotatable bonds is 4. The van der Waals surface area contributed by atoms with E-state index in [1.54, 1.807) is 4.68 Å². The molecule has 0 radical (unpaired) electrons. The van der Waals surface area contributed by atoms with Gasteiger partial charge in [-0.15, -0.1) is 0 Å². The standard InChI is InChI=1S/C23H29FN6O2S/c1-15-10-16-13-25-30(20(16)11-18(15)17-4-5-28(2)14-19(17)24)22-12-21(26-23(27-22)32-3)29-6-8-33(31)9-7-29/h10-13,17,19H,4-9,14H2,1-3H3. The summed E-state index contributed by atoms with van der Waals surface area (Å²) in [5.41, 5.74) is 3.00. The lowest BCUT2D eigenvalue weighted by Gasteiger charge is -2.33. The lowest BCUT2D eigenvalue weighted by Crippen LogP contribution is -2.38. The molecule has 2 aliphatic heterocycles. The lowest BCUT2D eigenvalue weighted by molar-refractivity contribution is 0.139. The average molecular weight is 473 g/mol. The number of fused-ring (bicyclic) bond motifs is 1. The second kappa shape index (κ2) is 8.98. The number of benzene rings is 1. The maximum absolute atomic E-state index is 15.0. The molecular formula is C23H29FN6O2S. The highest BCUT2D eigenvalue weighted by atomic mass is 32.2. The average Bonchev–Trinajstić information content (AvgIpc) is 3.21. The third-order valence-corrected chi connectivity index (χ3v) is 7.96. The summed E-state index contributed by atoms with van der Waals surface area (Å²) >= 11 is 0. The fourth-order valence-corrected chi connectivity index (χ4v) is 5.87. The molecule has 3 aromatic rings. The van der Waals surface area contributed by atoms with Crippen LogP contribution in [0.4, 0.5) is 10.2 Å². The third-order valence-electron chi connectivity index (χ3n) is 6.68. The van der Waals surface area contributed by atoms with Crippen molar-refractivity contribution in [2.24, 2.45) is 0 Å². The molecule has 0 saturated carbocycles. The zero-order valence-corrected chi connectivity index (χ0v) is 20.0. The van der Waals surface area contributed by atoms with Gasteiger partial charge >= 0.3 is 6.01 Å². The van der Waals surface area contributed by atoms with Crippen molar-refractivity contribution in [3.63, 3.8) is 0 Å². The van der Waals surface area contributed by atoms with Gasteiger partial charge < -0.3 is 14.5 Å². The van der Waals surface area contributed by atoms with Crippen molar-refractivity contribution in [3.05, 3.63) is 35.5 Å². The highest BCUT2D eigenvalue weighted by Gasteiger charge is 2.30. The normalized spacial score (nSPS) is 22.7. The first-order valence-corrected chi connectivity index (χ1v) is 12.8. The molecule has 8 nitrogen and oxygen atoms in total. The molecule has 2 atom stereocenters. The molecule has 33 heavy (non-hydrogen) atoms. The van der Waals surface area contributed by atoms with Gasteiger partial charge in [0.1, 0.15) is 12.0 Å². The number of aryl methyl sites for hydroxylation is 1. The number of hydrogen-bond acceptors (Lipinski definition) is 7. The number of halogens is 1. The maximum Gasteiger partial charge on any atom is 0.320 e. The first kappa shape index (κ1) is 22.2. The summed E-state index contributed by atoms with van der Waals surface area (Å²) in [6, 6.07) is 6.29. The van der Waals surface area contributed by atoms with Crippen molar-refractivity contribution in [1.29, 1.82) is 0 Å². The molecule has 2 aliphatic rings. The van der Waals surface area contributed by atoms with Crippen LogP contribution in [0.1, 0.15) is 23.5 Å². The van der Waals surface area contributed by atoms with Crippen LogP contribution in [0.15, 0.2) is 24.4 Å². The van der Waals surface area contributed by atoms with Crippen molar-refractivity contribution < 1.29 is 13.3 Å². The first-order chi connectivity index (χ1) is 15.9. The largest absolute Gasteiger partial charge is 0.467 e. The number of hydrogen-bond donors (Lipinski definition) is 0. The van der Waals surface area contributed by atoms with Crippen molar-refractivity contribution in [1.82, 2.24) is 24.6 Å². The second-order valence-electron chi connectivity index (χ2n) is 8.90. The number of nitrogens with zero attached hydrogens (tertiary/aromatic N) is 6. The Morgan fingerprint density at radius 3 is 2.61 bits per heavy atom. The molecule has 5 rings (SSSR count). The van der Waals surface area contributed by atoms with E-state index in [-0.39, 0.29) is 11.9 Å². The monoisotopic (exact) mass is 472 g/mol. The van der Waals surface area contributed by atoms with Crippen LogP contribution in [-0.2, 0) is 10.8 Å². The van der Waals surface area contributed by atoms with E-state index in [0.29, 0.717) is 37.0 Å². The van der Waals surface area contributed by atoms with Gasteiger partial charge in [-0.25, -0.2) is 9.07 Å². The van der Waals surface area contributed by atoms with Crippen molar-refractivity contribution >= 4 is 27.5 Å². The Hall–Kier alpha value is -2.59. The number of ether oxygens (including phenoxy) is 1. The fraction of sp³-hybridized carbons (Fsp3) is 0.522. The number of methoxy groups -OCH3 is 1. The van der Waals surface area contributed by atoms with Crippen LogP contribution in [0.5, 0.6) is 6.01 Å². The summed E-state index contributed by atoms with van der Waals surface area (Å²) in [5.74, 6) is 2.43. The van der Waals surface area contributed by atoms with Crippen LogP contribution < -0.4 is 9.64 Å². The topological polar surface area (TPSA) is 76.4 Å². The highest BCUT2D eigenvalue weighted by molar-refractivity contribution is 7.85. The summed E-state index contributed by atoms with van der Waals surface area (Å²) in [4.78, 5) is 13.2. The molecule has 2 fully saturated rings. The SMILES string of the molecule is COc1nc(N2CCS(=O)CC2)cc(-n2ncc3cc(C)c(C4CCN(C)CC4F)cc32)n1. The van der Waals surface area contributed by atoms with Crippen LogP contribution in [-0.4, -0.2) is 86.9 Å². The summed E-state index contributed by atoms with van der Waals surface area (Å²) in [6.07, 6.45) is 1.71. The van der Waals surface area contributed by atoms with Crippen molar-refractivity contribution in [3.8, 4) is 11.8 Å². The molecule has 4 heterocycles. The Balaban J connectivity index is 1.56. The number of piperidine rings is 1. The molecule has 0 spiro atoms. The Morgan fingerprint density at radius 1 is 1.12 bits per heavy atom. The van der Waals surface area contributed by atoms with Crippen LogP contribution in [0.25, 0.3) is 16.7 Å². The van der Waals surface area contributed by atoms with Gasteiger partial charge in [0.2, 0.25) is 0 Å². The van der Waals surface area contributed by atoms with E-state index in [2.05, 4.69) is 32.1 Å². The molecular weight excluding hydrogens is 443 g/mol. The summed E-state index contributed by atoms with van der Waals surface area (Å²) < 4.78 is 33.9. The smallest absolute Gasteiger partial charge is 0.320 e. The number of anilines is 1. The van der Waals surface area contributed by atoms with Gasteiger partial charge in [0.05, 0.1) is 18.8 Å². The minimum Gasteiger partial charge on any atom is -0.467 e. The van der Waals surface area contributed by atoms with Crippen LogP contribution in [0.2, 0.25) is 0 Å². The Morgan fingerprint density at radius 2 is 1.88 bits per heavy atom. The molecule has 1 aromatic carbocycles. The molecule has 0 N–H and O–H groups in total. The van der Waals surface area contributed by atoms with E-state index >= 15 is 0 Å².